The maximum absolute atomic E-state index is 12.0. The average molecular weight is 258 g/mol. The number of carbonyl (C=O) groups is 2. The van der Waals surface area contributed by atoms with E-state index in [0.717, 1.165) is 5.56 Å². The SMILES string of the molecule is CN(Cc1ccc(C(N)=O)cc1)C(=O)c1cn[nH]c1. The van der Waals surface area contributed by atoms with Crippen molar-refractivity contribution in [1.82, 2.24) is 15.1 Å². The molecular formula is C13H14N4O2. The van der Waals surface area contributed by atoms with E-state index in [1.165, 1.54) is 6.20 Å². The van der Waals surface area contributed by atoms with Crippen molar-refractivity contribution in [1.29, 1.82) is 0 Å². The lowest BCUT2D eigenvalue weighted by Gasteiger charge is -2.16. The minimum Gasteiger partial charge on any atom is -0.366 e. The van der Waals surface area contributed by atoms with Gasteiger partial charge in [-0.05, 0) is 17.7 Å². The first-order chi connectivity index (χ1) is 9.08. The Bertz CT molecular complexity index is 575. The molecule has 0 fully saturated rings. The van der Waals surface area contributed by atoms with E-state index in [4.69, 9.17) is 5.73 Å². The summed E-state index contributed by atoms with van der Waals surface area (Å²) in [5.41, 5.74) is 7.05. The summed E-state index contributed by atoms with van der Waals surface area (Å²) in [6.07, 6.45) is 3.03. The summed E-state index contributed by atoms with van der Waals surface area (Å²) >= 11 is 0. The Morgan fingerprint density at radius 1 is 1.26 bits per heavy atom. The number of primary amides is 1. The number of nitrogens with two attached hydrogens (primary N) is 1. The summed E-state index contributed by atoms with van der Waals surface area (Å²) in [4.78, 5) is 24.5. The molecule has 2 rings (SSSR count). The first kappa shape index (κ1) is 12.8. The van der Waals surface area contributed by atoms with Crippen molar-refractivity contribution in [3.05, 3.63) is 53.3 Å². The lowest BCUT2D eigenvalue weighted by Crippen LogP contribution is -2.25. The normalized spacial score (nSPS) is 10.2. The van der Waals surface area contributed by atoms with Crippen LogP contribution in [0.5, 0.6) is 0 Å². The Balaban J connectivity index is 2.04. The van der Waals surface area contributed by atoms with Gasteiger partial charge in [0, 0.05) is 25.4 Å². The van der Waals surface area contributed by atoms with E-state index < -0.39 is 5.91 Å². The van der Waals surface area contributed by atoms with E-state index in [0.29, 0.717) is 17.7 Å². The summed E-state index contributed by atoms with van der Waals surface area (Å²) in [7, 11) is 1.71. The molecule has 1 aromatic carbocycles. The minimum atomic E-state index is -0.464. The first-order valence-corrected chi connectivity index (χ1v) is 5.71. The van der Waals surface area contributed by atoms with E-state index in [1.807, 2.05) is 0 Å². The second-order valence-corrected chi connectivity index (χ2v) is 4.21. The van der Waals surface area contributed by atoms with Gasteiger partial charge in [0.1, 0.15) is 0 Å². The van der Waals surface area contributed by atoms with E-state index in [1.54, 1.807) is 42.4 Å². The maximum atomic E-state index is 12.0. The van der Waals surface area contributed by atoms with Gasteiger partial charge in [0.15, 0.2) is 0 Å². The van der Waals surface area contributed by atoms with Crippen LogP contribution in [-0.2, 0) is 6.54 Å². The number of nitrogens with zero attached hydrogens (tertiary/aromatic N) is 2. The molecule has 0 aliphatic carbocycles. The zero-order valence-corrected chi connectivity index (χ0v) is 10.5. The van der Waals surface area contributed by atoms with Gasteiger partial charge in [-0.1, -0.05) is 12.1 Å². The molecule has 0 radical (unpaired) electrons. The van der Waals surface area contributed by atoms with Crippen LogP contribution in [0.4, 0.5) is 0 Å². The molecule has 0 unspecified atom stereocenters. The topological polar surface area (TPSA) is 92.1 Å². The van der Waals surface area contributed by atoms with Gasteiger partial charge in [0.25, 0.3) is 5.91 Å². The zero-order valence-electron chi connectivity index (χ0n) is 10.5. The molecule has 0 aliphatic heterocycles. The molecule has 19 heavy (non-hydrogen) atoms. The molecule has 0 saturated carbocycles. The molecule has 6 nitrogen and oxygen atoms in total. The summed E-state index contributed by atoms with van der Waals surface area (Å²) in [5.74, 6) is -0.581. The number of H-pyrrole nitrogens is 1. The van der Waals surface area contributed by atoms with Crippen molar-refractivity contribution in [3.8, 4) is 0 Å². The standard InChI is InChI=1S/C13H14N4O2/c1-17(13(19)11-6-15-16-7-11)8-9-2-4-10(5-3-9)12(14)18/h2-7H,8H2,1H3,(H2,14,18)(H,15,16). The number of rotatable bonds is 4. The molecule has 1 aromatic heterocycles. The minimum absolute atomic E-state index is 0.118. The van der Waals surface area contributed by atoms with E-state index in [-0.39, 0.29) is 5.91 Å². The summed E-state index contributed by atoms with van der Waals surface area (Å²) in [6.45, 7) is 0.447. The summed E-state index contributed by atoms with van der Waals surface area (Å²) in [5, 5.41) is 6.34. The van der Waals surface area contributed by atoms with Crippen LogP contribution >= 0.6 is 0 Å². The Morgan fingerprint density at radius 3 is 2.47 bits per heavy atom. The number of nitrogens with one attached hydrogen (secondary N) is 1. The molecule has 3 N–H and O–H groups in total. The molecule has 6 heteroatoms. The van der Waals surface area contributed by atoms with Gasteiger partial charge in [0.2, 0.25) is 5.91 Å². The van der Waals surface area contributed by atoms with Crippen LogP contribution in [-0.4, -0.2) is 34.0 Å². The van der Waals surface area contributed by atoms with Crippen LogP contribution in [0.1, 0.15) is 26.3 Å². The molecule has 1 heterocycles. The van der Waals surface area contributed by atoms with Gasteiger partial charge < -0.3 is 10.6 Å². The van der Waals surface area contributed by atoms with Crippen LogP contribution in [0.25, 0.3) is 0 Å². The predicted molar refractivity (Wildman–Crippen MR) is 69.3 cm³/mol. The Morgan fingerprint density at radius 2 is 1.95 bits per heavy atom. The molecular weight excluding hydrogens is 244 g/mol. The van der Waals surface area contributed by atoms with Gasteiger partial charge >= 0.3 is 0 Å². The van der Waals surface area contributed by atoms with Crippen molar-refractivity contribution >= 4 is 11.8 Å². The van der Waals surface area contributed by atoms with Crippen molar-refractivity contribution in [3.63, 3.8) is 0 Å². The number of hydrogen-bond acceptors (Lipinski definition) is 3. The van der Waals surface area contributed by atoms with Crippen molar-refractivity contribution in [2.24, 2.45) is 5.73 Å². The second-order valence-electron chi connectivity index (χ2n) is 4.21. The van der Waals surface area contributed by atoms with E-state index >= 15 is 0 Å². The number of amides is 2. The van der Waals surface area contributed by atoms with Crippen LogP contribution in [0.15, 0.2) is 36.7 Å². The monoisotopic (exact) mass is 258 g/mol. The third-order valence-electron chi connectivity index (χ3n) is 2.75. The van der Waals surface area contributed by atoms with Crippen LogP contribution in [0.3, 0.4) is 0 Å². The molecule has 0 atom stereocenters. The van der Waals surface area contributed by atoms with Crippen molar-refractivity contribution < 1.29 is 9.59 Å². The lowest BCUT2D eigenvalue weighted by molar-refractivity contribution is 0.0784. The van der Waals surface area contributed by atoms with E-state index in [9.17, 15) is 9.59 Å². The Hall–Kier alpha value is -2.63. The van der Waals surface area contributed by atoms with Crippen LogP contribution in [0, 0.1) is 0 Å². The highest BCUT2D eigenvalue weighted by Gasteiger charge is 2.12. The van der Waals surface area contributed by atoms with Gasteiger partial charge in [-0.2, -0.15) is 5.10 Å². The molecule has 0 saturated heterocycles. The molecule has 0 spiro atoms. The molecule has 98 valence electrons. The number of aromatic amines is 1. The zero-order chi connectivity index (χ0) is 13.8. The molecule has 0 aliphatic rings. The second kappa shape index (κ2) is 5.34. The summed E-state index contributed by atoms with van der Waals surface area (Å²) < 4.78 is 0. The van der Waals surface area contributed by atoms with Crippen LogP contribution < -0.4 is 5.73 Å². The van der Waals surface area contributed by atoms with Crippen molar-refractivity contribution in [2.45, 2.75) is 6.54 Å². The van der Waals surface area contributed by atoms with Crippen LogP contribution in [0.2, 0.25) is 0 Å². The number of benzene rings is 1. The molecule has 2 aromatic rings. The largest absolute Gasteiger partial charge is 0.366 e. The summed E-state index contributed by atoms with van der Waals surface area (Å²) in [6, 6.07) is 6.85. The van der Waals surface area contributed by atoms with Gasteiger partial charge in [-0.15, -0.1) is 0 Å². The average Bonchev–Trinajstić information content (AvgIpc) is 2.92. The number of aromatic nitrogens is 2. The van der Waals surface area contributed by atoms with E-state index in [2.05, 4.69) is 10.2 Å². The van der Waals surface area contributed by atoms with Crippen molar-refractivity contribution in [2.75, 3.05) is 7.05 Å². The highest BCUT2D eigenvalue weighted by atomic mass is 16.2. The molecule has 0 bridgehead atoms. The number of carbonyl (C=O) groups excluding carboxylic acids is 2. The van der Waals surface area contributed by atoms with Gasteiger partial charge in [0.05, 0.1) is 11.8 Å². The molecule has 2 amide bonds. The maximum Gasteiger partial charge on any atom is 0.257 e. The number of hydrogen-bond donors (Lipinski definition) is 2. The fourth-order valence-corrected chi connectivity index (χ4v) is 1.71. The van der Waals surface area contributed by atoms with Gasteiger partial charge in [-0.25, -0.2) is 0 Å². The third kappa shape index (κ3) is 2.98. The fraction of sp³-hybridized carbons (Fsp3) is 0.154. The Labute approximate surface area is 110 Å². The fourth-order valence-electron chi connectivity index (χ4n) is 1.71. The first-order valence-electron chi connectivity index (χ1n) is 5.71. The Kier molecular flexibility index (Phi) is 3.61. The third-order valence-corrected chi connectivity index (χ3v) is 2.75. The lowest BCUT2D eigenvalue weighted by atomic mass is 10.1. The quantitative estimate of drug-likeness (QED) is 0.848. The highest BCUT2D eigenvalue weighted by molar-refractivity contribution is 5.93. The predicted octanol–water partition coefficient (Wildman–Crippen LogP) is 0.781. The van der Waals surface area contributed by atoms with Gasteiger partial charge in [-0.3, -0.25) is 14.7 Å². The highest BCUT2D eigenvalue weighted by Crippen LogP contribution is 2.09. The smallest absolute Gasteiger partial charge is 0.257 e.